The quantitative estimate of drug-likeness (QED) is 0.803. The van der Waals surface area contributed by atoms with E-state index in [9.17, 15) is 9.18 Å². The number of aryl methyl sites for hydroxylation is 1. The Bertz CT molecular complexity index is 796. The summed E-state index contributed by atoms with van der Waals surface area (Å²) in [6.07, 6.45) is 3.76. The van der Waals surface area contributed by atoms with Crippen molar-refractivity contribution in [3.05, 3.63) is 70.7 Å². The maximum Gasteiger partial charge on any atom is 0.263 e. The van der Waals surface area contributed by atoms with Crippen LogP contribution in [0.1, 0.15) is 20.9 Å². The summed E-state index contributed by atoms with van der Waals surface area (Å²) in [7, 11) is 0. The van der Waals surface area contributed by atoms with E-state index >= 15 is 0 Å². The van der Waals surface area contributed by atoms with Crippen molar-refractivity contribution in [2.75, 3.05) is 0 Å². The van der Waals surface area contributed by atoms with Crippen molar-refractivity contribution in [1.29, 1.82) is 0 Å². The van der Waals surface area contributed by atoms with E-state index in [0.29, 0.717) is 10.6 Å². The van der Waals surface area contributed by atoms with Gasteiger partial charge in [0.25, 0.3) is 5.91 Å². The molecule has 0 atom stereocenters. The van der Waals surface area contributed by atoms with Gasteiger partial charge in [-0.25, -0.2) is 9.37 Å². The van der Waals surface area contributed by atoms with Gasteiger partial charge in [0.15, 0.2) is 5.13 Å². The Hall–Kier alpha value is -2.47. The molecule has 3 aromatic rings. The maximum absolute atomic E-state index is 13.1. The third kappa shape index (κ3) is 3.07. The lowest BCUT2D eigenvalue weighted by atomic mass is 10.2. The van der Waals surface area contributed by atoms with E-state index < -0.39 is 0 Å². The number of carbonyl (C=O) groups is 1. The number of nitrogens with zero attached hydrogens (tertiary/aromatic N) is 2. The van der Waals surface area contributed by atoms with Gasteiger partial charge in [0.05, 0.1) is 5.69 Å². The molecule has 0 bridgehead atoms. The fraction of sp³-hybridized carbons (Fsp3) is 0.125. The topological polar surface area (TPSA) is 46.9 Å². The Kier molecular flexibility index (Phi) is 4.02. The third-order valence-electron chi connectivity index (χ3n) is 3.16. The third-order valence-corrected chi connectivity index (χ3v) is 4.33. The molecular formula is C16H14FN3OS. The van der Waals surface area contributed by atoms with Crippen molar-refractivity contribution >= 4 is 17.2 Å². The summed E-state index contributed by atoms with van der Waals surface area (Å²) < 4.78 is 15.0. The molecule has 0 aliphatic carbocycles. The van der Waals surface area contributed by atoms with Crippen LogP contribution in [0.5, 0.6) is 0 Å². The number of hydrogen-bond acceptors (Lipinski definition) is 3. The molecule has 22 heavy (non-hydrogen) atoms. The van der Waals surface area contributed by atoms with Crippen molar-refractivity contribution < 1.29 is 9.18 Å². The normalized spacial score (nSPS) is 10.6. The molecule has 3 rings (SSSR count). The zero-order valence-electron chi connectivity index (χ0n) is 11.9. The Morgan fingerprint density at radius 2 is 2.09 bits per heavy atom. The monoisotopic (exact) mass is 315 g/mol. The number of halogens is 1. The van der Waals surface area contributed by atoms with E-state index in [1.54, 1.807) is 19.1 Å². The zero-order valence-corrected chi connectivity index (χ0v) is 12.7. The highest BCUT2D eigenvalue weighted by atomic mass is 32.1. The number of aromatic nitrogens is 2. The first kappa shape index (κ1) is 14.5. The summed E-state index contributed by atoms with van der Waals surface area (Å²) in [5.74, 6) is -0.506. The number of amides is 1. The van der Waals surface area contributed by atoms with E-state index in [-0.39, 0.29) is 18.3 Å². The minimum Gasteiger partial charge on any atom is -0.347 e. The molecule has 2 heterocycles. The van der Waals surface area contributed by atoms with Gasteiger partial charge in [0.2, 0.25) is 0 Å². The van der Waals surface area contributed by atoms with E-state index in [4.69, 9.17) is 0 Å². The molecule has 0 saturated heterocycles. The van der Waals surface area contributed by atoms with Gasteiger partial charge in [0, 0.05) is 18.9 Å². The van der Waals surface area contributed by atoms with Crippen LogP contribution in [0.3, 0.4) is 0 Å². The second kappa shape index (κ2) is 6.11. The van der Waals surface area contributed by atoms with E-state index in [2.05, 4.69) is 10.3 Å². The van der Waals surface area contributed by atoms with Gasteiger partial charge in [0.1, 0.15) is 10.7 Å². The standard InChI is InChI=1S/C16H14FN3OS/c1-11-14(22-16(19-11)20-7-2-3-8-20)15(21)18-10-12-5-4-6-13(17)9-12/h2-9H,10H2,1H3,(H,18,21). The highest BCUT2D eigenvalue weighted by Crippen LogP contribution is 2.21. The van der Waals surface area contributed by atoms with Crippen LogP contribution >= 0.6 is 11.3 Å². The van der Waals surface area contributed by atoms with Crippen molar-refractivity contribution in [2.45, 2.75) is 13.5 Å². The fourth-order valence-electron chi connectivity index (χ4n) is 2.07. The van der Waals surface area contributed by atoms with Gasteiger partial charge in [-0.05, 0) is 36.8 Å². The predicted molar refractivity (Wildman–Crippen MR) is 83.7 cm³/mol. The molecule has 0 fully saturated rings. The van der Waals surface area contributed by atoms with Gasteiger partial charge in [-0.15, -0.1) is 0 Å². The molecule has 0 spiro atoms. The number of nitrogens with one attached hydrogen (secondary N) is 1. The molecule has 0 aliphatic rings. The van der Waals surface area contributed by atoms with Gasteiger partial charge < -0.3 is 9.88 Å². The molecular weight excluding hydrogens is 301 g/mol. The van der Waals surface area contributed by atoms with Crippen LogP contribution in [0.15, 0.2) is 48.8 Å². The number of benzene rings is 1. The van der Waals surface area contributed by atoms with Crippen LogP contribution in [-0.4, -0.2) is 15.5 Å². The first-order chi connectivity index (χ1) is 10.6. The summed E-state index contributed by atoms with van der Waals surface area (Å²) in [4.78, 5) is 17.2. The lowest BCUT2D eigenvalue weighted by Gasteiger charge is -2.04. The summed E-state index contributed by atoms with van der Waals surface area (Å²) >= 11 is 1.33. The van der Waals surface area contributed by atoms with Crippen molar-refractivity contribution in [1.82, 2.24) is 14.9 Å². The smallest absolute Gasteiger partial charge is 0.263 e. The van der Waals surface area contributed by atoms with Crippen molar-refractivity contribution in [2.24, 2.45) is 0 Å². The summed E-state index contributed by atoms with van der Waals surface area (Å²) in [6, 6.07) is 9.99. The lowest BCUT2D eigenvalue weighted by Crippen LogP contribution is -2.22. The average molecular weight is 315 g/mol. The van der Waals surface area contributed by atoms with E-state index in [1.165, 1.54) is 23.5 Å². The van der Waals surface area contributed by atoms with Crippen LogP contribution in [0, 0.1) is 12.7 Å². The largest absolute Gasteiger partial charge is 0.347 e. The Balaban J connectivity index is 1.72. The molecule has 1 aromatic carbocycles. The van der Waals surface area contributed by atoms with Crippen LogP contribution in [-0.2, 0) is 6.54 Å². The number of carbonyl (C=O) groups excluding carboxylic acids is 1. The minimum atomic E-state index is -0.310. The summed E-state index contributed by atoms with van der Waals surface area (Å²) in [6.45, 7) is 2.09. The van der Waals surface area contributed by atoms with Crippen LogP contribution in [0.2, 0.25) is 0 Å². The Morgan fingerprint density at radius 1 is 1.32 bits per heavy atom. The molecule has 4 nitrogen and oxygen atoms in total. The molecule has 1 amide bonds. The van der Waals surface area contributed by atoms with Gasteiger partial charge in [-0.1, -0.05) is 23.5 Å². The second-order valence-electron chi connectivity index (χ2n) is 4.81. The molecule has 0 radical (unpaired) electrons. The van der Waals surface area contributed by atoms with Crippen LogP contribution < -0.4 is 5.32 Å². The second-order valence-corrected chi connectivity index (χ2v) is 5.79. The van der Waals surface area contributed by atoms with Crippen molar-refractivity contribution in [3.63, 3.8) is 0 Å². The Morgan fingerprint density at radius 3 is 2.82 bits per heavy atom. The first-order valence-corrected chi connectivity index (χ1v) is 7.58. The molecule has 0 aliphatic heterocycles. The minimum absolute atomic E-state index is 0.197. The molecule has 2 aromatic heterocycles. The number of hydrogen-bond donors (Lipinski definition) is 1. The summed E-state index contributed by atoms with van der Waals surface area (Å²) in [5.41, 5.74) is 1.41. The molecule has 6 heteroatoms. The SMILES string of the molecule is Cc1nc(-n2cccc2)sc1C(=O)NCc1cccc(F)c1. The van der Waals surface area contributed by atoms with Crippen molar-refractivity contribution in [3.8, 4) is 5.13 Å². The lowest BCUT2D eigenvalue weighted by molar-refractivity contribution is 0.0954. The van der Waals surface area contributed by atoms with Gasteiger partial charge in [-0.2, -0.15) is 0 Å². The molecule has 1 N–H and O–H groups in total. The highest BCUT2D eigenvalue weighted by molar-refractivity contribution is 7.16. The summed E-state index contributed by atoms with van der Waals surface area (Å²) in [5, 5.41) is 3.55. The van der Waals surface area contributed by atoms with Gasteiger partial charge >= 0.3 is 0 Å². The first-order valence-electron chi connectivity index (χ1n) is 6.77. The molecule has 0 saturated carbocycles. The average Bonchev–Trinajstić information content (AvgIpc) is 3.14. The number of thiazole rings is 1. The number of rotatable bonds is 4. The van der Waals surface area contributed by atoms with Gasteiger partial charge in [-0.3, -0.25) is 4.79 Å². The Labute approximate surface area is 131 Å². The van der Waals surface area contributed by atoms with Crippen LogP contribution in [0.25, 0.3) is 5.13 Å². The zero-order chi connectivity index (χ0) is 15.5. The predicted octanol–water partition coefficient (Wildman–Crippen LogP) is 3.31. The maximum atomic E-state index is 13.1. The van der Waals surface area contributed by atoms with E-state index in [1.807, 2.05) is 29.1 Å². The fourth-order valence-corrected chi connectivity index (χ4v) is 3.03. The van der Waals surface area contributed by atoms with Crippen LogP contribution in [0.4, 0.5) is 4.39 Å². The van der Waals surface area contributed by atoms with E-state index in [0.717, 1.165) is 10.7 Å². The molecule has 0 unspecified atom stereocenters. The molecule has 112 valence electrons. The highest BCUT2D eigenvalue weighted by Gasteiger charge is 2.15.